The van der Waals surface area contributed by atoms with Crippen molar-refractivity contribution in [1.29, 1.82) is 0 Å². The molecule has 2 atom stereocenters. The number of benzene rings is 5. The van der Waals surface area contributed by atoms with Gasteiger partial charge in [0.2, 0.25) is 5.90 Å². The van der Waals surface area contributed by atoms with E-state index in [9.17, 15) is 13.2 Å². The fourth-order valence-electron chi connectivity index (χ4n) is 5.86. The largest absolute Gasteiger partial charge is 0.494 e. The van der Waals surface area contributed by atoms with E-state index in [1.807, 2.05) is 72.8 Å². The summed E-state index contributed by atoms with van der Waals surface area (Å²) in [5.41, 5.74) is 2.31. The van der Waals surface area contributed by atoms with Crippen LogP contribution in [0.4, 0.5) is 0 Å². The fraction of sp³-hybridized carbons (Fsp3) is 0.200. The third-order valence-corrected chi connectivity index (χ3v) is 10.7. The molecule has 1 aliphatic heterocycles. The van der Waals surface area contributed by atoms with Crippen LogP contribution in [0.3, 0.4) is 0 Å². The number of sulfone groups is 1. The number of hydrogen-bond acceptors (Lipinski definition) is 7. The minimum atomic E-state index is -3.80. The molecule has 0 saturated carbocycles. The lowest BCUT2D eigenvalue weighted by molar-refractivity contribution is -0.129. The number of aliphatic imine (C=N–C) groups is 1. The Morgan fingerprint density at radius 3 is 2.12 bits per heavy atom. The first kappa shape index (κ1) is 34.9. The summed E-state index contributed by atoms with van der Waals surface area (Å²) in [7, 11) is -3.80. The van der Waals surface area contributed by atoms with Crippen molar-refractivity contribution in [3.63, 3.8) is 0 Å². The van der Waals surface area contributed by atoms with E-state index in [2.05, 4.69) is 5.32 Å². The van der Waals surface area contributed by atoms with Crippen LogP contribution in [0, 0.1) is 0 Å². The predicted molar refractivity (Wildman–Crippen MR) is 195 cm³/mol. The van der Waals surface area contributed by atoms with Gasteiger partial charge in [0.1, 0.15) is 5.75 Å². The second kappa shape index (κ2) is 15.7. The van der Waals surface area contributed by atoms with Gasteiger partial charge < -0.3 is 19.9 Å². The molecule has 2 N–H and O–H groups in total. The van der Waals surface area contributed by atoms with Gasteiger partial charge in [-0.3, -0.25) is 4.79 Å². The first-order chi connectivity index (χ1) is 24.3. The standard InChI is InChI=1S/C40H37ClN2O6S/c41-36-15-8-7-12-33(36)28-42-39(45)40(24-27-50(46,47)35-13-5-2-6-14-35)37(31-18-16-30(17-19-31)29-10-3-1-4-11-29)49-38(43-40)32-20-22-34(23-21-32)48-26-9-25-44/h1-8,10-23,37,44H,9,24-28H2,(H,42,45)/t37-,40-/m1/s1. The van der Waals surface area contributed by atoms with Gasteiger partial charge in [0.25, 0.3) is 5.91 Å². The first-order valence-corrected chi connectivity index (χ1v) is 18.4. The molecule has 1 heterocycles. The maximum atomic E-state index is 14.6. The second-order valence-electron chi connectivity index (χ2n) is 11.9. The van der Waals surface area contributed by atoms with Crippen molar-refractivity contribution in [3.05, 3.63) is 155 Å². The van der Waals surface area contributed by atoms with Gasteiger partial charge in [0.05, 0.1) is 17.3 Å². The Morgan fingerprint density at radius 2 is 1.44 bits per heavy atom. The monoisotopic (exact) mass is 708 g/mol. The summed E-state index contributed by atoms with van der Waals surface area (Å²) in [6.07, 6.45) is -0.615. The number of amides is 1. The van der Waals surface area contributed by atoms with Crippen LogP contribution in [-0.4, -0.2) is 49.8 Å². The second-order valence-corrected chi connectivity index (χ2v) is 14.4. The molecular formula is C40H37ClN2O6S. The van der Waals surface area contributed by atoms with E-state index in [0.29, 0.717) is 40.5 Å². The van der Waals surface area contributed by atoms with Gasteiger partial charge in [-0.05, 0) is 64.7 Å². The highest BCUT2D eigenvalue weighted by molar-refractivity contribution is 7.91. The maximum Gasteiger partial charge on any atom is 0.252 e. The number of rotatable bonds is 14. The lowest BCUT2D eigenvalue weighted by atomic mass is 9.84. The lowest BCUT2D eigenvalue weighted by Crippen LogP contribution is -2.49. The summed E-state index contributed by atoms with van der Waals surface area (Å²) in [6, 6.07) is 40.1. The van der Waals surface area contributed by atoms with E-state index in [-0.39, 0.29) is 36.1 Å². The molecule has 0 bridgehead atoms. The zero-order chi connectivity index (χ0) is 35.0. The summed E-state index contributed by atoms with van der Waals surface area (Å²) in [5.74, 6) is -0.0373. The van der Waals surface area contributed by atoms with E-state index in [1.54, 1.807) is 60.7 Å². The molecule has 256 valence electrons. The van der Waals surface area contributed by atoms with Crippen LogP contribution in [0.15, 0.2) is 143 Å². The fourth-order valence-corrected chi connectivity index (χ4v) is 7.45. The molecule has 1 aliphatic rings. The zero-order valence-electron chi connectivity index (χ0n) is 27.2. The van der Waals surface area contributed by atoms with Crippen LogP contribution in [-0.2, 0) is 25.9 Å². The van der Waals surface area contributed by atoms with Crippen LogP contribution in [0.25, 0.3) is 11.1 Å². The Bertz CT molecular complexity index is 2040. The number of hydrogen-bond donors (Lipinski definition) is 2. The van der Waals surface area contributed by atoms with Crippen LogP contribution in [0.1, 0.15) is 35.6 Å². The Balaban J connectivity index is 1.41. The molecule has 0 spiro atoms. The van der Waals surface area contributed by atoms with Crippen LogP contribution in [0.2, 0.25) is 5.02 Å². The Labute approximate surface area is 297 Å². The average molecular weight is 709 g/mol. The molecular weight excluding hydrogens is 672 g/mol. The van der Waals surface area contributed by atoms with Crippen LogP contribution < -0.4 is 10.1 Å². The van der Waals surface area contributed by atoms with Gasteiger partial charge in [0.15, 0.2) is 21.5 Å². The van der Waals surface area contributed by atoms with Gasteiger partial charge in [0, 0.05) is 36.6 Å². The van der Waals surface area contributed by atoms with E-state index < -0.39 is 27.4 Å². The summed E-state index contributed by atoms with van der Waals surface area (Å²) >= 11 is 6.43. The Kier molecular flexibility index (Phi) is 11.0. The van der Waals surface area contributed by atoms with E-state index in [4.69, 9.17) is 31.2 Å². The number of halogens is 1. The van der Waals surface area contributed by atoms with Gasteiger partial charge in [-0.15, -0.1) is 0 Å². The number of aliphatic hydroxyl groups excluding tert-OH is 1. The van der Waals surface area contributed by atoms with Crippen LogP contribution in [0.5, 0.6) is 5.75 Å². The summed E-state index contributed by atoms with van der Waals surface area (Å²) in [5, 5.41) is 12.6. The minimum Gasteiger partial charge on any atom is -0.494 e. The molecule has 10 heteroatoms. The normalized spacial score (nSPS) is 17.1. The Hall–Kier alpha value is -4.96. The van der Waals surface area contributed by atoms with Crippen molar-refractivity contribution in [2.24, 2.45) is 4.99 Å². The molecule has 0 aromatic heterocycles. The molecule has 0 unspecified atom stereocenters. The average Bonchev–Trinajstić information content (AvgIpc) is 3.56. The van der Waals surface area contributed by atoms with Crippen LogP contribution >= 0.6 is 11.6 Å². The first-order valence-electron chi connectivity index (χ1n) is 16.3. The highest BCUT2D eigenvalue weighted by Gasteiger charge is 2.53. The molecule has 0 fully saturated rings. The highest BCUT2D eigenvalue weighted by atomic mass is 35.5. The molecule has 50 heavy (non-hydrogen) atoms. The maximum absolute atomic E-state index is 14.6. The zero-order valence-corrected chi connectivity index (χ0v) is 28.8. The molecule has 8 nitrogen and oxygen atoms in total. The summed E-state index contributed by atoms with van der Waals surface area (Å²) < 4.78 is 39.6. The van der Waals surface area contributed by atoms with Crippen molar-refractivity contribution in [3.8, 4) is 16.9 Å². The third-order valence-electron chi connectivity index (χ3n) is 8.60. The number of aliphatic hydroxyl groups is 1. The number of ether oxygens (including phenoxy) is 2. The third kappa shape index (κ3) is 7.91. The number of nitrogens with zero attached hydrogens (tertiary/aromatic N) is 1. The molecule has 0 saturated heterocycles. The van der Waals surface area contributed by atoms with Crippen molar-refractivity contribution in [2.75, 3.05) is 19.0 Å². The van der Waals surface area contributed by atoms with Crippen molar-refractivity contribution in [1.82, 2.24) is 5.32 Å². The number of carbonyl (C=O) groups excluding carboxylic acids is 1. The molecule has 6 rings (SSSR count). The summed E-state index contributed by atoms with van der Waals surface area (Å²) in [4.78, 5) is 19.7. The quantitative estimate of drug-likeness (QED) is 0.118. The number of carbonyl (C=O) groups is 1. The predicted octanol–water partition coefficient (Wildman–Crippen LogP) is 7.21. The molecule has 1 amide bonds. The van der Waals surface area contributed by atoms with Gasteiger partial charge in [-0.1, -0.05) is 103 Å². The van der Waals surface area contributed by atoms with Gasteiger partial charge in [-0.2, -0.15) is 0 Å². The smallest absolute Gasteiger partial charge is 0.252 e. The molecule has 5 aromatic rings. The van der Waals surface area contributed by atoms with E-state index in [1.165, 1.54) is 0 Å². The van der Waals surface area contributed by atoms with Gasteiger partial charge >= 0.3 is 0 Å². The van der Waals surface area contributed by atoms with Crippen molar-refractivity contribution in [2.45, 2.75) is 35.9 Å². The minimum absolute atomic E-state index is 0.0249. The highest BCUT2D eigenvalue weighted by Crippen LogP contribution is 2.43. The Morgan fingerprint density at radius 1 is 0.820 bits per heavy atom. The van der Waals surface area contributed by atoms with Crippen molar-refractivity contribution >= 4 is 33.2 Å². The SMILES string of the molecule is O=C(NCc1ccccc1Cl)[C@]1(CCS(=O)(=O)c2ccccc2)N=C(c2ccc(OCCCO)cc2)O[C@@H]1c1ccc(-c2ccccc2)cc1. The molecule has 0 radical (unpaired) electrons. The summed E-state index contributed by atoms with van der Waals surface area (Å²) in [6.45, 7) is 0.492. The van der Waals surface area contributed by atoms with E-state index in [0.717, 1.165) is 11.1 Å². The molecule has 5 aromatic carbocycles. The van der Waals surface area contributed by atoms with Crippen molar-refractivity contribution < 1.29 is 27.8 Å². The topological polar surface area (TPSA) is 114 Å². The van der Waals surface area contributed by atoms with Gasteiger partial charge in [-0.25, -0.2) is 13.4 Å². The molecule has 0 aliphatic carbocycles. The lowest BCUT2D eigenvalue weighted by Gasteiger charge is -2.31. The number of nitrogens with one attached hydrogen (secondary N) is 1. The van der Waals surface area contributed by atoms with E-state index >= 15 is 0 Å².